The Labute approximate surface area is 141 Å². The van der Waals surface area contributed by atoms with Crippen LogP contribution in [0.3, 0.4) is 0 Å². The second-order valence-corrected chi connectivity index (χ2v) is 7.37. The number of piperidine rings is 1. The van der Waals surface area contributed by atoms with Crippen LogP contribution in [-0.2, 0) is 4.79 Å². The topological polar surface area (TPSA) is 56.7 Å². The lowest BCUT2D eigenvalue weighted by atomic mass is 9.80. The minimum Gasteiger partial charge on any atom is -0.354 e. The lowest BCUT2D eigenvalue weighted by Crippen LogP contribution is -2.49. The zero-order valence-electron chi connectivity index (χ0n) is 15.1. The summed E-state index contributed by atoms with van der Waals surface area (Å²) in [6.45, 7) is 6.81. The van der Waals surface area contributed by atoms with E-state index in [1.165, 1.54) is 32.1 Å². The van der Waals surface area contributed by atoms with E-state index >= 15 is 0 Å². The number of nitrogens with zero attached hydrogens (tertiary/aromatic N) is 2. The average molecular weight is 322 g/mol. The van der Waals surface area contributed by atoms with Crippen LogP contribution in [0.15, 0.2) is 4.99 Å². The van der Waals surface area contributed by atoms with Crippen LogP contribution in [0.1, 0.15) is 58.8 Å². The summed E-state index contributed by atoms with van der Waals surface area (Å²) in [6, 6.07) is 0.487. The van der Waals surface area contributed by atoms with Crippen LogP contribution in [0.2, 0.25) is 0 Å². The van der Waals surface area contributed by atoms with Gasteiger partial charge in [0.15, 0.2) is 5.96 Å². The molecule has 2 aliphatic rings. The number of guanidine groups is 1. The number of carbonyl (C=O) groups is 1. The molecule has 0 aromatic rings. The molecule has 0 radical (unpaired) electrons. The highest BCUT2D eigenvalue weighted by Crippen LogP contribution is 2.29. The van der Waals surface area contributed by atoms with Gasteiger partial charge in [-0.05, 0) is 56.8 Å². The molecule has 1 saturated carbocycles. The van der Waals surface area contributed by atoms with Gasteiger partial charge in [-0.15, -0.1) is 0 Å². The number of hydrogen-bond acceptors (Lipinski definition) is 2. The number of rotatable bonds is 4. The summed E-state index contributed by atoms with van der Waals surface area (Å²) in [4.78, 5) is 18.5. The Hall–Kier alpha value is -1.26. The molecule has 1 heterocycles. The van der Waals surface area contributed by atoms with Crippen molar-refractivity contribution in [3.8, 4) is 0 Å². The Bertz CT molecular complexity index is 394. The van der Waals surface area contributed by atoms with E-state index in [9.17, 15) is 4.79 Å². The van der Waals surface area contributed by atoms with Gasteiger partial charge in [0.2, 0.25) is 5.91 Å². The van der Waals surface area contributed by atoms with Crippen molar-refractivity contribution in [1.82, 2.24) is 15.5 Å². The molecular weight excluding hydrogens is 288 g/mol. The lowest BCUT2D eigenvalue weighted by Gasteiger charge is -2.32. The van der Waals surface area contributed by atoms with E-state index in [2.05, 4.69) is 29.5 Å². The van der Waals surface area contributed by atoms with Crippen molar-refractivity contribution in [1.29, 1.82) is 0 Å². The third-order valence-electron chi connectivity index (χ3n) is 5.39. The molecule has 0 unspecified atom stereocenters. The van der Waals surface area contributed by atoms with Crippen LogP contribution in [0.4, 0.5) is 0 Å². The first-order valence-corrected chi connectivity index (χ1v) is 9.35. The first-order chi connectivity index (χ1) is 11.1. The van der Waals surface area contributed by atoms with Crippen molar-refractivity contribution in [3.63, 3.8) is 0 Å². The van der Waals surface area contributed by atoms with E-state index < -0.39 is 0 Å². The second-order valence-electron chi connectivity index (χ2n) is 7.37. The molecule has 1 aliphatic heterocycles. The smallest absolute Gasteiger partial charge is 0.241 e. The van der Waals surface area contributed by atoms with Crippen LogP contribution in [0.25, 0.3) is 0 Å². The van der Waals surface area contributed by atoms with Crippen molar-refractivity contribution < 1.29 is 4.79 Å². The summed E-state index contributed by atoms with van der Waals surface area (Å²) in [5.41, 5.74) is 0. The number of hydrogen-bond donors (Lipinski definition) is 2. The molecule has 0 aromatic heterocycles. The number of amides is 1. The number of aliphatic imine (C=N–C) groups is 1. The van der Waals surface area contributed by atoms with Gasteiger partial charge < -0.3 is 15.5 Å². The molecular formula is C18H34N4O. The van der Waals surface area contributed by atoms with E-state index in [-0.39, 0.29) is 5.91 Å². The monoisotopic (exact) mass is 322 g/mol. The maximum atomic E-state index is 12.2. The molecule has 132 valence electrons. The normalized spacial score (nSPS) is 26.3. The van der Waals surface area contributed by atoms with Crippen molar-refractivity contribution >= 4 is 11.9 Å². The van der Waals surface area contributed by atoms with Gasteiger partial charge in [-0.1, -0.05) is 13.8 Å². The Kier molecular flexibility index (Phi) is 7.18. The predicted molar refractivity (Wildman–Crippen MR) is 95.5 cm³/mol. The highest BCUT2D eigenvalue weighted by Gasteiger charge is 2.24. The summed E-state index contributed by atoms with van der Waals surface area (Å²) in [5, 5.41) is 6.69. The quantitative estimate of drug-likeness (QED) is 0.617. The number of nitrogens with one attached hydrogen (secondary N) is 2. The maximum Gasteiger partial charge on any atom is 0.241 e. The molecule has 5 heteroatoms. The molecule has 0 atom stereocenters. The van der Waals surface area contributed by atoms with Crippen LogP contribution in [0, 0.1) is 11.8 Å². The minimum absolute atomic E-state index is 0.191. The molecule has 23 heavy (non-hydrogen) atoms. The van der Waals surface area contributed by atoms with Crippen molar-refractivity contribution in [2.45, 2.75) is 64.8 Å². The number of carbonyl (C=O) groups excluding carboxylic acids is 1. The van der Waals surface area contributed by atoms with Crippen LogP contribution < -0.4 is 10.6 Å². The average Bonchev–Trinajstić information content (AvgIpc) is 2.59. The number of likely N-dealkylation sites (tertiary alicyclic amines) is 1. The third kappa shape index (κ3) is 5.70. The maximum absolute atomic E-state index is 12.2. The van der Waals surface area contributed by atoms with E-state index in [1.54, 1.807) is 7.05 Å². The molecule has 2 rings (SSSR count). The molecule has 1 saturated heterocycles. The molecule has 0 bridgehead atoms. The fourth-order valence-corrected chi connectivity index (χ4v) is 3.73. The van der Waals surface area contributed by atoms with Crippen LogP contribution in [-0.4, -0.2) is 49.5 Å². The van der Waals surface area contributed by atoms with E-state index in [4.69, 9.17) is 0 Å². The Balaban J connectivity index is 1.70. The highest BCUT2D eigenvalue weighted by atomic mass is 16.2. The SMILES string of the molecule is CN=C(NCC(=O)N1CCCCC1)NC1CCC(C(C)C)CC1. The fraction of sp³-hybridized carbons (Fsp3) is 0.889. The standard InChI is InChI=1S/C18H34N4O/c1-14(2)15-7-9-16(10-8-15)21-18(19-3)20-13-17(23)22-11-5-4-6-12-22/h14-16H,4-13H2,1-3H3,(H2,19,20,21). The van der Waals surface area contributed by atoms with Crippen molar-refractivity contribution in [3.05, 3.63) is 0 Å². The predicted octanol–water partition coefficient (Wildman–Crippen LogP) is 2.38. The Morgan fingerprint density at radius 3 is 2.35 bits per heavy atom. The van der Waals surface area contributed by atoms with Gasteiger partial charge in [0, 0.05) is 26.2 Å². The van der Waals surface area contributed by atoms with Crippen LogP contribution in [0.5, 0.6) is 0 Å². The zero-order chi connectivity index (χ0) is 16.7. The minimum atomic E-state index is 0.191. The van der Waals surface area contributed by atoms with Gasteiger partial charge in [-0.2, -0.15) is 0 Å². The third-order valence-corrected chi connectivity index (χ3v) is 5.39. The van der Waals surface area contributed by atoms with Gasteiger partial charge in [0.1, 0.15) is 0 Å². The highest BCUT2D eigenvalue weighted by molar-refractivity contribution is 5.86. The largest absolute Gasteiger partial charge is 0.354 e. The molecule has 0 aromatic carbocycles. The van der Waals surface area contributed by atoms with Gasteiger partial charge >= 0.3 is 0 Å². The summed E-state index contributed by atoms with van der Waals surface area (Å²) in [5.74, 6) is 2.61. The van der Waals surface area contributed by atoms with E-state index in [0.717, 1.165) is 43.7 Å². The molecule has 0 spiro atoms. The Morgan fingerprint density at radius 2 is 1.78 bits per heavy atom. The van der Waals surface area contributed by atoms with Gasteiger partial charge in [0.25, 0.3) is 0 Å². The Morgan fingerprint density at radius 1 is 1.13 bits per heavy atom. The first-order valence-electron chi connectivity index (χ1n) is 9.35. The molecule has 2 fully saturated rings. The molecule has 1 aliphatic carbocycles. The van der Waals surface area contributed by atoms with E-state index in [0.29, 0.717) is 12.6 Å². The van der Waals surface area contributed by atoms with Crippen molar-refractivity contribution in [2.24, 2.45) is 16.8 Å². The summed E-state index contributed by atoms with van der Waals surface area (Å²) < 4.78 is 0. The van der Waals surface area contributed by atoms with Gasteiger partial charge in [0.05, 0.1) is 6.54 Å². The molecule has 2 N–H and O–H groups in total. The second kappa shape index (κ2) is 9.14. The first kappa shape index (κ1) is 18.1. The van der Waals surface area contributed by atoms with Crippen LogP contribution >= 0.6 is 0 Å². The van der Waals surface area contributed by atoms with Crippen molar-refractivity contribution in [2.75, 3.05) is 26.7 Å². The van der Waals surface area contributed by atoms with Gasteiger partial charge in [-0.3, -0.25) is 9.79 Å². The fourth-order valence-electron chi connectivity index (χ4n) is 3.73. The zero-order valence-corrected chi connectivity index (χ0v) is 15.1. The van der Waals surface area contributed by atoms with E-state index in [1.807, 2.05) is 4.90 Å². The molecule has 5 nitrogen and oxygen atoms in total. The molecule has 1 amide bonds. The summed E-state index contributed by atoms with van der Waals surface area (Å²) in [7, 11) is 1.78. The van der Waals surface area contributed by atoms with Gasteiger partial charge in [-0.25, -0.2) is 0 Å². The lowest BCUT2D eigenvalue weighted by molar-refractivity contribution is -0.130. The summed E-state index contributed by atoms with van der Waals surface area (Å²) >= 11 is 0. The summed E-state index contributed by atoms with van der Waals surface area (Å²) in [6.07, 6.45) is 8.50.